The van der Waals surface area contributed by atoms with Gasteiger partial charge in [0.15, 0.2) is 0 Å². The molecule has 0 radical (unpaired) electrons. The summed E-state index contributed by atoms with van der Waals surface area (Å²) in [5.74, 6) is 4.69. The Balaban J connectivity index is 1.64. The Hall–Kier alpha value is -1.48. The first-order chi connectivity index (χ1) is 14.4. The van der Waals surface area contributed by atoms with Crippen LogP contribution in [0.5, 0.6) is 0 Å². The highest BCUT2D eigenvalue weighted by atomic mass is 31.0. The molecule has 150 valence electrons. The van der Waals surface area contributed by atoms with E-state index >= 15 is 0 Å². The Labute approximate surface area is 178 Å². The van der Waals surface area contributed by atoms with Gasteiger partial charge in [-0.05, 0) is 68.7 Å². The molecule has 29 heavy (non-hydrogen) atoms. The molecule has 2 aromatic heterocycles. The van der Waals surface area contributed by atoms with Gasteiger partial charge in [-0.1, -0.05) is 87.8 Å². The van der Waals surface area contributed by atoms with Crippen LogP contribution in [0.1, 0.15) is 75.3 Å². The topological polar surface area (TPSA) is 0 Å². The molecule has 1 saturated carbocycles. The van der Waals surface area contributed by atoms with E-state index in [1.54, 1.807) is 11.1 Å². The van der Waals surface area contributed by atoms with Crippen LogP contribution in [0.3, 0.4) is 0 Å². The Morgan fingerprint density at radius 3 is 1.45 bits per heavy atom. The highest BCUT2D eigenvalue weighted by Crippen LogP contribution is 2.45. The zero-order valence-corrected chi connectivity index (χ0v) is 19.3. The third-order valence-electron chi connectivity index (χ3n) is 7.17. The molecule has 2 unspecified atom stereocenters. The molecule has 2 heteroatoms. The van der Waals surface area contributed by atoms with Crippen molar-refractivity contribution in [2.75, 3.05) is 0 Å². The zero-order chi connectivity index (χ0) is 19.5. The number of benzene rings is 2. The minimum absolute atomic E-state index is 0.174. The fourth-order valence-corrected chi connectivity index (χ4v) is 7.37. The lowest BCUT2D eigenvalue weighted by Crippen LogP contribution is -2.28. The van der Waals surface area contributed by atoms with E-state index in [1.807, 2.05) is 0 Å². The van der Waals surface area contributed by atoms with Crippen LogP contribution in [-0.2, 0) is 5.41 Å². The lowest BCUT2D eigenvalue weighted by Gasteiger charge is -2.36. The average molecular weight is 419 g/mol. The van der Waals surface area contributed by atoms with E-state index in [9.17, 15) is 0 Å². The molecule has 2 heterocycles. The summed E-state index contributed by atoms with van der Waals surface area (Å²) in [6.07, 6.45) is 13.8. The summed E-state index contributed by atoms with van der Waals surface area (Å²) in [5.41, 5.74) is 3.31. The van der Waals surface area contributed by atoms with Crippen molar-refractivity contribution in [2.45, 2.75) is 69.6 Å². The van der Waals surface area contributed by atoms with Gasteiger partial charge in [-0.2, -0.15) is 0 Å². The number of fused-ring (bicyclic) bond motifs is 2. The Bertz CT molecular complexity index is 996. The van der Waals surface area contributed by atoms with E-state index in [4.69, 9.17) is 0 Å². The standard InChI is InChI=1S/C27H32P2/c1-2-4-6-8-16-27(15-7-5-3-1,23-9-11-25-21(19-23)13-17-28-25)24-10-12-26-22(20-24)14-18-29-26/h9-14,17-20,28-29H,1-8,15-16H2. The van der Waals surface area contributed by atoms with Gasteiger partial charge in [0.2, 0.25) is 0 Å². The maximum Gasteiger partial charge on any atom is 0.0203 e. The van der Waals surface area contributed by atoms with E-state index in [2.05, 4.69) is 60.1 Å². The summed E-state index contributed by atoms with van der Waals surface area (Å²) in [7, 11) is 1.70. The number of hydrogen-bond donors (Lipinski definition) is 0. The molecule has 5 rings (SSSR count). The predicted octanol–water partition coefficient (Wildman–Crippen LogP) is 9.26. The van der Waals surface area contributed by atoms with Crippen LogP contribution < -0.4 is 0 Å². The molecule has 2 aromatic carbocycles. The fourth-order valence-electron chi connectivity index (χ4n) is 5.49. The van der Waals surface area contributed by atoms with Crippen molar-refractivity contribution < 1.29 is 0 Å². The third kappa shape index (κ3) is 3.95. The number of rotatable bonds is 2. The van der Waals surface area contributed by atoms with Crippen molar-refractivity contribution >= 4 is 37.4 Å². The molecule has 0 bridgehead atoms. The van der Waals surface area contributed by atoms with Crippen molar-refractivity contribution in [2.24, 2.45) is 0 Å². The minimum Gasteiger partial charge on any atom is -0.132 e. The molecule has 0 N–H and O–H groups in total. The van der Waals surface area contributed by atoms with Crippen molar-refractivity contribution in [1.82, 2.24) is 0 Å². The van der Waals surface area contributed by atoms with Crippen molar-refractivity contribution in [3.63, 3.8) is 0 Å². The summed E-state index contributed by atoms with van der Waals surface area (Å²) < 4.78 is 0. The Kier molecular flexibility index (Phi) is 5.85. The molecule has 1 aliphatic rings. The van der Waals surface area contributed by atoms with E-state index in [-0.39, 0.29) is 5.41 Å². The number of hydrogen-bond acceptors (Lipinski definition) is 0. The van der Waals surface area contributed by atoms with Gasteiger partial charge in [-0.25, -0.2) is 0 Å². The highest BCUT2D eigenvalue weighted by molar-refractivity contribution is 7.36. The van der Waals surface area contributed by atoms with Crippen molar-refractivity contribution in [3.8, 4) is 0 Å². The molecule has 1 fully saturated rings. The first-order valence-corrected chi connectivity index (χ1v) is 13.7. The molecule has 0 amide bonds. The first kappa shape index (κ1) is 19.5. The average Bonchev–Trinajstić information content (AvgIpc) is 3.40. The minimum atomic E-state index is 0.174. The normalized spacial score (nSPS) is 19.2. The van der Waals surface area contributed by atoms with Gasteiger partial charge in [0.05, 0.1) is 0 Å². The van der Waals surface area contributed by atoms with Gasteiger partial charge in [-0.3, -0.25) is 0 Å². The van der Waals surface area contributed by atoms with Crippen LogP contribution in [0.25, 0.3) is 21.0 Å². The van der Waals surface area contributed by atoms with Gasteiger partial charge in [0, 0.05) is 5.41 Å². The van der Waals surface area contributed by atoms with Gasteiger partial charge >= 0.3 is 0 Å². The second-order valence-electron chi connectivity index (χ2n) is 8.97. The Morgan fingerprint density at radius 2 is 0.966 bits per heavy atom. The summed E-state index contributed by atoms with van der Waals surface area (Å²) in [6, 6.07) is 19.6. The molecular formula is C27H32P2. The van der Waals surface area contributed by atoms with E-state index in [0.29, 0.717) is 0 Å². The van der Waals surface area contributed by atoms with Crippen molar-refractivity contribution in [1.29, 1.82) is 0 Å². The molecule has 0 nitrogen and oxygen atoms in total. The monoisotopic (exact) mass is 418 g/mol. The van der Waals surface area contributed by atoms with Crippen LogP contribution in [0.4, 0.5) is 0 Å². The first-order valence-electron chi connectivity index (χ1n) is 11.5. The third-order valence-corrected chi connectivity index (χ3v) is 9.37. The SMILES string of the molecule is c1cc2cc(C3(c4ccc5[pH]ccc5c4)CCCCCCCCCC3)ccc2[pH]1. The van der Waals surface area contributed by atoms with Crippen LogP contribution >= 0.6 is 16.4 Å². The fraction of sp³-hybridized carbons (Fsp3) is 0.407. The lowest BCUT2D eigenvalue weighted by molar-refractivity contribution is 0.401. The molecule has 1 aliphatic carbocycles. The molecule has 2 atom stereocenters. The molecule has 4 aromatic rings. The molecule has 0 spiro atoms. The molecule has 0 aliphatic heterocycles. The highest BCUT2D eigenvalue weighted by Gasteiger charge is 2.34. The van der Waals surface area contributed by atoms with Crippen LogP contribution in [0, 0.1) is 0 Å². The zero-order valence-electron chi connectivity index (χ0n) is 17.3. The second-order valence-corrected chi connectivity index (χ2v) is 11.3. The van der Waals surface area contributed by atoms with E-state index < -0.39 is 0 Å². The lowest BCUT2D eigenvalue weighted by atomic mass is 9.67. The Morgan fingerprint density at radius 1 is 0.517 bits per heavy atom. The molecule has 0 saturated heterocycles. The largest absolute Gasteiger partial charge is 0.132 e. The van der Waals surface area contributed by atoms with Gasteiger partial charge in [-0.15, -0.1) is 16.4 Å². The van der Waals surface area contributed by atoms with Crippen LogP contribution in [0.2, 0.25) is 0 Å². The van der Waals surface area contributed by atoms with Crippen LogP contribution in [-0.4, -0.2) is 0 Å². The molecular weight excluding hydrogens is 386 g/mol. The summed E-state index contributed by atoms with van der Waals surface area (Å²) in [6.45, 7) is 0. The smallest absolute Gasteiger partial charge is 0.0203 e. The van der Waals surface area contributed by atoms with E-state index in [1.165, 1.54) is 85.2 Å². The van der Waals surface area contributed by atoms with Crippen molar-refractivity contribution in [3.05, 3.63) is 71.3 Å². The van der Waals surface area contributed by atoms with Gasteiger partial charge < -0.3 is 0 Å². The summed E-state index contributed by atoms with van der Waals surface area (Å²) in [4.78, 5) is 0. The van der Waals surface area contributed by atoms with Gasteiger partial charge in [0.1, 0.15) is 0 Å². The maximum absolute atomic E-state index is 2.54. The van der Waals surface area contributed by atoms with Crippen LogP contribution in [0.15, 0.2) is 60.1 Å². The predicted molar refractivity (Wildman–Crippen MR) is 134 cm³/mol. The maximum atomic E-state index is 2.54. The summed E-state index contributed by atoms with van der Waals surface area (Å²) in [5, 5.41) is 5.99. The van der Waals surface area contributed by atoms with E-state index in [0.717, 1.165) is 16.4 Å². The summed E-state index contributed by atoms with van der Waals surface area (Å²) >= 11 is 0. The van der Waals surface area contributed by atoms with Gasteiger partial charge in [0.25, 0.3) is 0 Å². The second kappa shape index (κ2) is 8.71. The quantitative estimate of drug-likeness (QED) is 0.304.